The summed E-state index contributed by atoms with van der Waals surface area (Å²) in [5, 5.41) is 5.41. The third kappa shape index (κ3) is 2.46. The molecule has 0 aliphatic carbocycles. The first-order valence-electron chi connectivity index (χ1n) is 6.04. The molecule has 0 fully saturated rings. The highest BCUT2D eigenvalue weighted by atomic mass is 79.9. The molecule has 2 heterocycles. The van der Waals surface area contributed by atoms with Crippen LogP contribution in [0, 0.1) is 0 Å². The zero-order chi connectivity index (χ0) is 14.1. The van der Waals surface area contributed by atoms with E-state index in [0.29, 0.717) is 11.4 Å². The summed E-state index contributed by atoms with van der Waals surface area (Å²) in [7, 11) is 0. The van der Waals surface area contributed by atoms with E-state index in [2.05, 4.69) is 26.6 Å². The van der Waals surface area contributed by atoms with Crippen LogP contribution in [0.5, 0.6) is 0 Å². The van der Waals surface area contributed by atoms with E-state index in [9.17, 15) is 9.59 Å². The molecule has 1 unspecified atom stereocenters. The summed E-state index contributed by atoms with van der Waals surface area (Å²) in [6.45, 7) is 0. The topological polar surface area (TPSA) is 71.3 Å². The minimum atomic E-state index is -0.317. The number of hydrogen-bond acceptors (Lipinski definition) is 3. The Hall–Kier alpha value is -2.08. The fourth-order valence-corrected chi connectivity index (χ4v) is 2.61. The van der Waals surface area contributed by atoms with Gasteiger partial charge < -0.3 is 15.1 Å². The van der Waals surface area contributed by atoms with Crippen LogP contribution in [-0.2, 0) is 9.59 Å². The molecule has 1 aliphatic rings. The van der Waals surface area contributed by atoms with Crippen LogP contribution >= 0.6 is 15.9 Å². The molecule has 2 aromatic rings. The lowest BCUT2D eigenvalue weighted by atomic mass is 10.1. The molecule has 1 aromatic carbocycles. The van der Waals surface area contributed by atoms with Gasteiger partial charge in [0, 0.05) is 0 Å². The molecule has 6 heteroatoms. The van der Waals surface area contributed by atoms with Crippen LogP contribution in [0.15, 0.2) is 41.0 Å². The van der Waals surface area contributed by atoms with Gasteiger partial charge in [-0.15, -0.1) is 0 Å². The summed E-state index contributed by atoms with van der Waals surface area (Å²) in [6, 6.07) is 9.14. The predicted octanol–water partition coefficient (Wildman–Crippen LogP) is 3.04. The Bertz CT molecular complexity index is 667. The zero-order valence-corrected chi connectivity index (χ0v) is 11.9. The van der Waals surface area contributed by atoms with Crippen LogP contribution in [0.4, 0.5) is 11.4 Å². The molecule has 0 saturated heterocycles. The number of benzene rings is 1. The summed E-state index contributed by atoms with van der Waals surface area (Å²) >= 11 is 3.55. The van der Waals surface area contributed by atoms with Crippen molar-refractivity contribution < 1.29 is 14.0 Å². The summed E-state index contributed by atoms with van der Waals surface area (Å²) in [6.07, 6.45) is 1.44. The van der Waals surface area contributed by atoms with Crippen molar-refractivity contribution in [1.82, 2.24) is 0 Å². The molecule has 0 bridgehead atoms. The van der Waals surface area contributed by atoms with Gasteiger partial charge in [0.2, 0.25) is 11.8 Å². The summed E-state index contributed by atoms with van der Waals surface area (Å²) in [5.74, 6) is 0.145. The molecule has 0 radical (unpaired) electrons. The summed E-state index contributed by atoms with van der Waals surface area (Å²) < 4.78 is 5.35. The number of rotatable bonds is 2. The first kappa shape index (κ1) is 12.9. The number of carbonyl (C=O) groups excluding carboxylic acids is 2. The van der Waals surface area contributed by atoms with Crippen molar-refractivity contribution in [3.63, 3.8) is 0 Å². The molecule has 3 rings (SSSR count). The van der Waals surface area contributed by atoms with Crippen molar-refractivity contribution in [2.45, 2.75) is 11.2 Å². The molecule has 0 saturated carbocycles. The molecule has 1 atom stereocenters. The van der Waals surface area contributed by atoms with E-state index in [1.165, 1.54) is 0 Å². The SMILES string of the molecule is O=C1CC(=O)Nc2cc(C(Br)c3ccco3)ccc2N1. The maximum absolute atomic E-state index is 11.6. The van der Waals surface area contributed by atoms with Crippen molar-refractivity contribution in [2.75, 3.05) is 10.6 Å². The van der Waals surface area contributed by atoms with E-state index in [0.717, 1.165) is 11.3 Å². The van der Waals surface area contributed by atoms with Crippen molar-refractivity contribution in [3.8, 4) is 0 Å². The quantitative estimate of drug-likeness (QED) is 0.655. The molecular formula is C14H11BrN2O3. The Morgan fingerprint density at radius 2 is 1.85 bits per heavy atom. The van der Waals surface area contributed by atoms with Crippen LogP contribution in [0.2, 0.25) is 0 Å². The average molecular weight is 335 g/mol. The lowest BCUT2D eigenvalue weighted by molar-refractivity contribution is -0.123. The minimum Gasteiger partial charge on any atom is -0.468 e. The zero-order valence-electron chi connectivity index (χ0n) is 10.4. The van der Waals surface area contributed by atoms with Crippen LogP contribution in [0.25, 0.3) is 0 Å². The fraction of sp³-hybridized carbons (Fsp3) is 0.143. The van der Waals surface area contributed by atoms with Gasteiger partial charge in [0.25, 0.3) is 0 Å². The molecular weight excluding hydrogens is 324 g/mol. The highest BCUT2D eigenvalue weighted by Gasteiger charge is 2.20. The first-order valence-corrected chi connectivity index (χ1v) is 6.96. The fourth-order valence-electron chi connectivity index (χ4n) is 2.07. The van der Waals surface area contributed by atoms with Crippen molar-refractivity contribution in [2.24, 2.45) is 0 Å². The minimum absolute atomic E-state index is 0.112. The normalized spacial score (nSPS) is 15.8. The largest absolute Gasteiger partial charge is 0.468 e. The maximum atomic E-state index is 11.6. The van der Waals surface area contributed by atoms with Crippen LogP contribution < -0.4 is 10.6 Å². The van der Waals surface area contributed by atoms with Gasteiger partial charge in [-0.3, -0.25) is 9.59 Å². The van der Waals surface area contributed by atoms with Crippen LogP contribution in [-0.4, -0.2) is 11.8 Å². The average Bonchev–Trinajstić information content (AvgIpc) is 2.88. The van der Waals surface area contributed by atoms with Gasteiger partial charge in [-0.05, 0) is 29.8 Å². The highest BCUT2D eigenvalue weighted by Crippen LogP contribution is 2.35. The van der Waals surface area contributed by atoms with Gasteiger partial charge in [0.15, 0.2) is 0 Å². The Kier molecular flexibility index (Phi) is 3.31. The predicted molar refractivity (Wildman–Crippen MR) is 77.8 cm³/mol. The van der Waals surface area contributed by atoms with Gasteiger partial charge in [-0.2, -0.15) is 0 Å². The first-order chi connectivity index (χ1) is 9.63. The number of fused-ring (bicyclic) bond motifs is 1. The summed E-state index contributed by atoms with van der Waals surface area (Å²) in [4.78, 5) is 22.9. The van der Waals surface area contributed by atoms with Crippen molar-refractivity contribution >= 4 is 39.1 Å². The van der Waals surface area contributed by atoms with Gasteiger partial charge in [-0.1, -0.05) is 22.0 Å². The van der Waals surface area contributed by atoms with E-state index >= 15 is 0 Å². The van der Waals surface area contributed by atoms with E-state index < -0.39 is 0 Å². The van der Waals surface area contributed by atoms with Gasteiger partial charge >= 0.3 is 0 Å². The Balaban J connectivity index is 1.96. The van der Waals surface area contributed by atoms with Crippen molar-refractivity contribution in [3.05, 3.63) is 47.9 Å². The second-order valence-corrected chi connectivity index (χ2v) is 5.37. The molecule has 2 N–H and O–H groups in total. The summed E-state index contributed by atoms with van der Waals surface area (Å²) in [5.41, 5.74) is 2.12. The number of furan rings is 1. The van der Waals surface area contributed by atoms with Gasteiger partial charge in [0.1, 0.15) is 12.2 Å². The molecule has 1 aliphatic heterocycles. The smallest absolute Gasteiger partial charge is 0.233 e. The van der Waals surface area contributed by atoms with E-state index in [1.807, 2.05) is 24.3 Å². The third-order valence-electron chi connectivity index (χ3n) is 3.00. The molecule has 1 aromatic heterocycles. The Morgan fingerprint density at radius 3 is 2.55 bits per heavy atom. The highest BCUT2D eigenvalue weighted by molar-refractivity contribution is 9.09. The van der Waals surface area contributed by atoms with Gasteiger partial charge in [-0.25, -0.2) is 0 Å². The lowest BCUT2D eigenvalue weighted by Crippen LogP contribution is -2.16. The number of carbonyl (C=O) groups is 2. The number of anilines is 2. The van der Waals surface area contributed by atoms with E-state index in [4.69, 9.17) is 4.42 Å². The van der Waals surface area contributed by atoms with E-state index in [-0.39, 0.29) is 23.1 Å². The second kappa shape index (κ2) is 5.13. The van der Waals surface area contributed by atoms with Gasteiger partial charge in [0.05, 0.1) is 22.5 Å². The number of nitrogens with one attached hydrogen (secondary N) is 2. The number of amides is 2. The van der Waals surface area contributed by atoms with Crippen molar-refractivity contribution in [1.29, 1.82) is 0 Å². The van der Waals surface area contributed by atoms with Crippen LogP contribution in [0.1, 0.15) is 22.6 Å². The molecule has 102 valence electrons. The van der Waals surface area contributed by atoms with Crippen LogP contribution in [0.3, 0.4) is 0 Å². The second-order valence-electron chi connectivity index (χ2n) is 4.46. The molecule has 0 spiro atoms. The lowest BCUT2D eigenvalue weighted by Gasteiger charge is -2.12. The molecule has 20 heavy (non-hydrogen) atoms. The number of hydrogen-bond donors (Lipinski definition) is 2. The Morgan fingerprint density at radius 1 is 1.10 bits per heavy atom. The Labute approximate surface area is 123 Å². The van der Waals surface area contributed by atoms with E-state index in [1.54, 1.807) is 12.3 Å². The third-order valence-corrected chi connectivity index (χ3v) is 3.98. The maximum Gasteiger partial charge on any atom is 0.233 e. The standard InChI is InChI=1S/C14H11BrN2O3/c15-14(11-2-1-5-20-11)8-3-4-9-10(6-8)17-13(19)7-12(18)16-9/h1-6,14H,7H2,(H,16,18)(H,17,19). The number of halogens is 1. The monoisotopic (exact) mass is 334 g/mol. The molecule has 2 amide bonds. The molecule has 5 nitrogen and oxygen atoms in total. The number of alkyl halides is 1.